The predicted octanol–water partition coefficient (Wildman–Crippen LogP) is 5.02. The number of fused-ring (bicyclic) bond motifs is 3. The molecule has 0 spiro atoms. The van der Waals surface area contributed by atoms with Crippen LogP contribution in [0.15, 0.2) is 23.3 Å². The number of aryl methyl sites for hydroxylation is 1. The van der Waals surface area contributed by atoms with Crippen molar-refractivity contribution in [1.82, 2.24) is 0 Å². The van der Waals surface area contributed by atoms with Crippen LogP contribution in [0.3, 0.4) is 0 Å². The van der Waals surface area contributed by atoms with Gasteiger partial charge in [0.1, 0.15) is 12.0 Å². The summed E-state index contributed by atoms with van der Waals surface area (Å²) in [6.45, 7) is 8.96. The summed E-state index contributed by atoms with van der Waals surface area (Å²) in [6, 6.07) is 4.60. The van der Waals surface area contributed by atoms with Gasteiger partial charge in [0.25, 0.3) is 0 Å². The zero-order valence-corrected chi connectivity index (χ0v) is 15.0. The molecular formula is C21H28O2. The minimum Gasteiger partial charge on any atom is -0.496 e. The Morgan fingerprint density at radius 1 is 1.22 bits per heavy atom. The number of aldehydes is 1. The number of carbonyl (C=O) groups excluding carboxylic acids is 1. The fourth-order valence-corrected chi connectivity index (χ4v) is 4.71. The topological polar surface area (TPSA) is 26.3 Å². The fourth-order valence-electron chi connectivity index (χ4n) is 4.71. The highest BCUT2D eigenvalue weighted by Crippen LogP contribution is 2.50. The quantitative estimate of drug-likeness (QED) is 0.733. The van der Waals surface area contributed by atoms with Crippen molar-refractivity contribution in [2.24, 2.45) is 11.8 Å². The van der Waals surface area contributed by atoms with E-state index in [1.54, 1.807) is 7.11 Å². The van der Waals surface area contributed by atoms with Crippen molar-refractivity contribution in [3.8, 4) is 5.75 Å². The summed E-state index contributed by atoms with van der Waals surface area (Å²) in [4.78, 5) is 11.6. The number of allylic oxidation sites excluding steroid dienone is 2. The highest BCUT2D eigenvalue weighted by Gasteiger charge is 2.37. The molecule has 0 N–H and O–H groups in total. The highest BCUT2D eigenvalue weighted by molar-refractivity contribution is 5.77. The number of ether oxygens (including phenoxy) is 1. The van der Waals surface area contributed by atoms with E-state index in [4.69, 9.17) is 4.74 Å². The second-order valence-corrected chi connectivity index (χ2v) is 7.64. The molecule has 0 fully saturated rings. The lowest BCUT2D eigenvalue weighted by molar-refractivity contribution is -0.105. The first-order valence-electron chi connectivity index (χ1n) is 8.86. The average Bonchev–Trinajstić information content (AvgIpc) is 2.52. The monoisotopic (exact) mass is 312 g/mol. The van der Waals surface area contributed by atoms with E-state index in [0.717, 1.165) is 36.9 Å². The second kappa shape index (κ2) is 6.14. The third-order valence-corrected chi connectivity index (χ3v) is 5.81. The van der Waals surface area contributed by atoms with E-state index in [2.05, 4.69) is 39.8 Å². The molecule has 0 unspecified atom stereocenters. The molecule has 23 heavy (non-hydrogen) atoms. The van der Waals surface area contributed by atoms with Crippen molar-refractivity contribution >= 4 is 6.29 Å². The largest absolute Gasteiger partial charge is 0.496 e. The third-order valence-electron chi connectivity index (χ3n) is 5.81. The highest BCUT2D eigenvalue weighted by atomic mass is 16.5. The normalized spacial score (nSPS) is 26.8. The predicted molar refractivity (Wildman–Crippen MR) is 94.2 cm³/mol. The molecule has 3 atom stereocenters. The Morgan fingerprint density at radius 3 is 2.57 bits per heavy atom. The Hall–Kier alpha value is -1.57. The summed E-state index contributed by atoms with van der Waals surface area (Å²) in [5.41, 5.74) is 6.59. The molecule has 2 heteroatoms. The molecule has 0 heterocycles. The van der Waals surface area contributed by atoms with E-state index in [-0.39, 0.29) is 0 Å². The Kier molecular flexibility index (Phi) is 4.35. The number of benzene rings is 1. The van der Waals surface area contributed by atoms with Crippen molar-refractivity contribution < 1.29 is 9.53 Å². The molecule has 1 aromatic rings. The van der Waals surface area contributed by atoms with E-state index in [1.807, 2.05) is 0 Å². The lowest BCUT2D eigenvalue weighted by Gasteiger charge is -2.40. The number of methoxy groups -OCH3 is 1. The van der Waals surface area contributed by atoms with Crippen molar-refractivity contribution in [2.75, 3.05) is 7.11 Å². The van der Waals surface area contributed by atoms with Gasteiger partial charge in [0.15, 0.2) is 0 Å². The van der Waals surface area contributed by atoms with Gasteiger partial charge in [-0.2, -0.15) is 0 Å². The van der Waals surface area contributed by atoms with Gasteiger partial charge in [-0.25, -0.2) is 0 Å². The molecule has 0 aliphatic heterocycles. The molecule has 0 amide bonds. The van der Waals surface area contributed by atoms with Crippen LogP contribution in [0.2, 0.25) is 0 Å². The summed E-state index contributed by atoms with van der Waals surface area (Å²) in [5, 5.41) is 0. The molecule has 0 aromatic heterocycles. The van der Waals surface area contributed by atoms with Crippen molar-refractivity contribution in [2.45, 2.75) is 58.8 Å². The van der Waals surface area contributed by atoms with Crippen LogP contribution < -0.4 is 4.74 Å². The van der Waals surface area contributed by atoms with Gasteiger partial charge in [-0.15, -0.1) is 0 Å². The maximum Gasteiger partial charge on any atom is 0.146 e. The van der Waals surface area contributed by atoms with Crippen LogP contribution in [0.4, 0.5) is 0 Å². The molecule has 2 aliphatic rings. The minimum atomic E-state index is 0.394. The Bertz CT molecular complexity index is 654. The Balaban J connectivity index is 2.17. The van der Waals surface area contributed by atoms with E-state index in [1.165, 1.54) is 22.3 Å². The molecule has 3 rings (SSSR count). The number of hydrogen-bond acceptors (Lipinski definition) is 2. The lowest BCUT2D eigenvalue weighted by Crippen LogP contribution is -2.28. The van der Waals surface area contributed by atoms with Crippen molar-refractivity contribution in [3.05, 3.63) is 40.0 Å². The van der Waals surface area contributed by atoms with Gasteiger partial charge in [-0.1, -0.05) is 39.3 Å². The van der Waals surface area contributed by atoms with Gasteiger partial charge in [0, 0.05) is 5.92 Å². The smallest absolute Gasteiger partial charge is 0.146 e. The average molecular weight is 312 g/mol. The maximum absolute atomic E-state index is 11.6. The van der Waals surface area contributed by atoms with Crippen LogP contribution in [0.1, 0.15) is 69.1 Å². The lowest BCUT2D eigenvalue weighted by atomic mass is 9.64. The summed E-state index contributed by atoms with van der Waals surface area (Å²) in [6.07, 6.45) is 4.28. The molecule has 0 saturated carbocycles. The summed E-state index contributed by atoms with van der Waals surface area (Å²) in [7, 11) is 1.76. The molecule has 2 aliphatic carbocycles. The SMILES string of the molecule is COc1cc2c(cc1C(C)C)CCC1=C(C=O)[C@H](C)C[C@H](C)[C@@H]12. The Labute approximate surface area is 139 Å². The third kappa shape index (κ3) is 2.62. The number of hydrogen-bond donors (Lipinski definition) is 0. The van der Waals surface area contributed by atoms with E-state index >= 15 is 0 Å². The molecule has 124 valence electrons. The van der Waals surface area contributed by atoms with Gasteiger partial charge in [-0.3, -0.25) is 4.79 Å². The van der Waals surface area contributed by atoms with E-state index in [0.29, 0.717) is 23.7 Å². The van der Waals surface area contributed by atoms with Crippen molar-refractivity contribution in [1.29, 1.82) is 0 Å². The van der Waals surface area contributed by atoms with Crippen LogP contribution in [0.5, 0.6) is 5.75 Å². The molecule has 0 bridgehead atoms. The van der Waals surface area contributed by atoms with Gasteiger partial charge >= 0.3 is 0 Å². The summed E-state index contributed by atoms with van der Waals surface area (Å²) in [5.74, 6) is 2.83. The first-order chi connectivity index (χ1) is 11.0. The number of carbonyl (C=O) groups is 1. The fraction of sp³-hybridized carbons (Fsp3) is 0.571. The molecular weight excluding hydrogens is 284 g/mol. The van der Waals surface area contributed by atoms with Crippen LogP contribution >= 0.6 is 0 Å². The van der Waals surface area contributed by atoms with Gasteiger partial charge in [0.2, 0.25) is 0 Å². The molecule has 0 saturated heterocycles. The first kappa shape index (κ1) is 16.3. The summed E-state index contributed by atoms with van der Waals surface area (Å²) >= 11 is 0. The van der Waals surface area contributed by atoms with Crippen LogP contribution in [-0.4, -0.2) is 13.4 Å². The standard InChI is InChI=1S/C21H28O2/c1-12(2)17-9-15-6-7-16-19(11-22)13(3)8-14(4)21(16)18(15)10-20(17)23-5/h9-14,21H,6-8H2,1-5H3/t13-,14+,21+/m1/s1. The minimum absolute atomic E-state index is 0.394. The zero-order chi connectivity index (χ0) is 16.7. The molecule has 2 nitrogen and oxygen atoms in total. The van der Waals surface area contributed by atoms with Crippen molar-refractivity contribution in [3.63, 3.8) is 0 Å². The van der Waals surface area contributed by atoms with E-state index in [9.17, 15) is 4.79 Å². The van der Waals surface area contributed by atoms with E-state index < -0.39 is 0 Å². The maximum atomic E-state index is 11.6. The van der Waals surface area contributed by atoms with Crippen LogP contribution in [-0.2, 0) is 11.2 Å². The molecule has 1 aromatic carbocycles. The van der Waals surface area contributed by atoms with Crippen LogP contribution in [0, 0.1) is 11.8 Å². The van der Waals surface area contributed by atoms with Gasteiger partial charge < -0.3 is 4.74 Å². The molecule has 0 radical (unpaired) electrons. The number of rotatable bonds is 3. The Morgan fingerprint density at radius 2 is 1.96 bits per heavy atom. The second-order valence-electron chi connectivity index (χ2n) is 7.64. The van der Waals surface area contributed by atoms with Crippen LogP contribution in [0.25, 0.3) is 0 Å². The first-order valence-corrected chi connectivity index (χ1v) is 8.86. The summed E-state index contributed by atoms with van der Waals surface area (Å²) < 4.78 is 5.68. The van der Waals surface area contributed by atoms with Gasteiger partial charge in [0.05, 0.1) is 7.11 Å². The van der Waals surface area contributed by atoms with Gasteiger partial charge in [-0.05, 0) is 65.3 Å². The zero-order valence-electron chi connectivity index (χ0n) is 15.0.